The predicted molar refractivity (Wildman–Crippen MR) is 93.0 cm³/mol. The molecule has 0 bridgehead atoms. The van der Waals surface area contributed by atoms with E-state index < -0.39 is 18.4 Å². The Kier molecular flexibility index (Phi) is 5.65. The minimum Gasteiger partial charge on any atom is -0.462 e. The van der Waals surface area contributed by atoms with Crippen molar-refractivity contribution in [3.8, 4) is 0 Å². The molecule has 0 aromatic carbocycles. The van der Waals surface area contributed by atoms with Crippen molar-refractivity contribution in [2.75, 3.05) is 11.9 Å². The molecule has 0 unspecified atom stereocenters. The number of ether oxygens (including phenoxy) is 1. The molecule has 0 atom stereocenters. The standard InChI is InChI=1S/C17H19F2N3O3S/c1-2-9-25-16(24)13-10-5-3-4-6-12(10)26-15(13)21-14(23)11-7-8-20-22(11)17(18)19/h7-8,17H,2-6,9H2,1H3,(H,21,23). The lowest BCUT2D eigenvalue weighted by molar-refractivity contribution is 0.0502. The number of aryl methyl sites for hydroxylation is 1. The van der Waals surface area contributed by atoms with E-state index in [2.05, 4.69) is 10.4 Å². The van der Waals surface area contributed by atoms with Crippen molar-refractivity contribution in [1.82, 2.24) is 9.78 Å². The maximum atomic E-state index is 12.9. The van der Waals surface area contributed by atoms with Crippen LogP contribution in [0.4, 0.5) is 13.8 Å². The van der Waals surface area contributed by atoms with Gasteiger partial charge in [0.05, 0.1) is 12.2 Å². The van der Waals surface area contributed by atoms with Gasteiger partial charge in [-0.15, -0.1) is 11.3 Å². The van der Waals surface area contributed by atoms with Crippen molar-refractivity contribution in [2.24, 2.45) is 0 Å². The van der Waals surface area contributed by atoms with Crippen LogP contribution in [0.3, 0.4) is 0 Å². The number of esters is 1. The van der Waals surface area contributed by atoms with Gasteiger partial charge in [-0.2, -0.15) is 18.6 Å². The van der Waals surface area contributed by atoms with Crippen LogP contribution in [0.1, 0.15) is 64.0 Å². The monoisotopic (exact) mass is 383 g/mol. The van der Waals surface area contributed by atoms with Gasteiger partial charge in [0, 0.05) is 11.1 Å². The van der Waals surface area contributed by atoms with Gasteiger partial charge in [-0.05, 0) is 43.7 Å². The molecule has 2 heterocycles. The number of alkyl halides is 2. The third-order valence-corrected chi connectivity index (χ3v) is 5.33. The first-order valence-corrected chi connectivity index (χ1v) is 9.29. The first-order valence-electron chi connectivity index (χ1n) is 8.47. The zero-order chi connectivity index (χ0) is 18.7. The first kappa shape index (κ1) is 18.5. The van der Waals surface area contributed by atoms with Gasteiger partial charge in [-0.1, -0.05) is 6.92 Å². The molecule has 0 fully saturated rings. The summed E-state index contributed by atoms with van der Waals surface area (Å²) in [5, 5.41) is 6.42. The summed E-state index contributed by atoms with van der Waals surface area (Å²) in [6.45, 7) is -0.740. The molecule has 0 saturated carbocycles. The summed E-state index contributed by atoms with van der Waals surface area (Å²) in [6.07, 6.45) is 5.38. The van der Waals surface area contributed by atoms with E-state index in [4.69, 9.17) is 4.74 Å². The van der Waals surface area contributed by atoms with E-state index in [1.807, 2.05) is 6.92 Å². The van der Waals surface area contributed by atoms with Crippen LogP contribution in [0.5, 0.6) is 0 Å². The molecule has 1 amide bonds. The van der Waals surface area contributed by atoms with Crippen molar-refractivity contribution in [3.05, 3.63) is 34.0 Å². The average Bonchev–Trinajstić information content (AvgIpc) is 3.24. The Balaban J connectivity index is 1.91. The number of carbonyl (C=O) groups excluding carboxylic acids is 2. The number of halogens is 2. The number of thiophene rings is 1. The van der Waals surface area contributed by atoms with Gasteiger partial charge in [-0.25, -0.2) is 4.79 Å². The molecule has 2 aromatic rings. The molecular formula is C17H19F2N3O3S. The topological polar surface area (TPSA) is 73.2 Å². The smallest absolute Gasteiger partial charge is 0.341 e. The molecule has 2 aromatic heterocycles. The Morgan fingerprint density at radius 1 is 1.38 bits per heavy atom. The van der Waals surface area contributed by atoms with E-state index in [-0.39, 0.29) is 12.3 Å². The van der Waals surface area contributed by atoms with Gasteiger partial charge in [0.15, 0.2) is 0 Å². The van der Waals surface area contributed by atoms with Gasteiger partial charge in [0.25, 0.3) is 5.91 Å². The second-order valence-electron chi connectivity index (χ2n) is 5.94. The molecule has 6 nitrogen and oxygen atoms in total. The molecular weight excluding hydrogens is 364 g/mol. The maximum Gasteiger partial charge on any atom is 0.341 e. The molecule has 1 N–H and O–H groups in total. The van der Waals surface area contributed by atoms with Gasteiger partial charge in [0.2, 0.25) is 0 Å². The van der Waals surface area contributed by atoms with Gasteiger partial charge >= 0.3 is 12.5 Å². The van der Waals surface area contributed by atoms with E-state index in [0.717, 1.165) is 42.3 Å². The fraction of sp³-hybridized carbons (Fsp3) is 0.471. The fourth-order valence-corrected chi connectivity index (χ4v) is 4.23. The highest BCUT2D eigenvalue weighted by molar-refractivity contribution is 7.17. The Hall–Kier alpha value is -2.29. The van der Waals surface area contributed by atoms with Crippen molar-refractivity contribution in [3.63, 3.8) is 0 Å². The van der Waals surface area contributed by atoms with Crippen LogP contribution in [0.25, 0.3) is 0 Å². The second-order valence-corrected chi connectivity index (χ2v) is 7.05. The number of nitrogens with zero attached hydrogens (tertiary/aromatic N) is 2. The minimum absolute atomic E-state index is 0.265. The van der Waals surface area contributed by atoms with Gasteiger partial charge in [-0.3, -0.25) is 4.79 Å². The summed E-state index contributed by atoms with van der Waals surface area (Å²) in [4.78, 5) is 26.0. The Bertz CT molecular complexity index is 816. The van der Waals surface area contributed by atoms with E-state index in [1.165, 1.54) is 17.4 Å². The number of amides is 1. The summed E-state index contributed by atoms with van der Waals surface area (Å²) < 4.78 is 31.5. The van der Waals surface area contributed by atoms with E-state index in [9.17, 15) is 18.4 Å². The lowest BCUT2D eigenvalue weighted by Gasteiger charge is -2.12. The zero-order valence-corrected chi connectivity index (χ0v) is 15.1. The number of hydrogen-bond acceptors (Lipinski definition) is 5. The summed E-state index contributed by atoms with van der Waals surface area (Å²) in [6, 6.07) is 1.21. The van der Waals surface area contributed by atoms with Gasteiger partial charge < -0.3 is 10.1 Å². The number of rotatable bonds is 6. The molecule has 1 aliphatic rings. The summed E-state index contributed by atoms with van der Waals surface area (Å²) in [7, 11) is 0. The number of nitrogens with one attached hydrogen (secondary N) is 1. The molecule has 1 aliphatic carbocycles. The summed E-state index contributed by atoms with van der Waals surface area (Å²) in [5.74, 6) is -1.21. The molecule has 0 spiro atoms. The second kappa shape index (κ2) is 7.94. The largest absolute Gasteiger partial charge is 0.462 e. The molecule has 26 heavy (non-hydrogen) atoms. The zero-order valence-electron chi connectivity index (χ0n) is 14.3. The van der Waals surface area contributed by atoms with Crippen LogP contribution < -0.4 is 5.32 Å². The molecule has 9 heteroatoms. The Morgan fingerprint density at radius 3 is 2.88 bits per heavy atom. The Labute approximate surface area is 153 Å². The van der Waals surface area contributed by atoms with E-state index in [0.29, 0.717) is 21.7 Å². The van der Waals surface area contributed by atoms with Crippen LogP contribution in [0, 0.1) is 0 Å². The van der Waals surface area contributed by atoms with Crippen LogP contribution in [0.15, 0.2) is 12.3 Å². The van der Waals surface area contributed by atoms with Crippen LogP contribution in [-0.4, -0.2) is 28.3 Å². The normalized spacial score (nSPS) is 13.5. The van der Waals surface area contributed by atoms with Crippen LogP contribution in [0.2, 0.25) is 0 Å². The van der Waals surface area contributed by atoms with Crippen LogP contribution >= 0.6 is 11.3 Å². The van der Waals surface area contributed by atoms with Crippen molar-refractivity contribution in [1.29, 1.82) is 0 Å². The summed E-state index contributed by atoms with van der Waals surface area (Å²) >= 11 is 1.31. The molecule has 0 aliphatic heterocycles. The molecule has 0 saturated heterocycles. The highest BCUT2D eigenvalue weighted by Crippen LogP contribution is 2.38. The SMILES string of the molecule is CCCOC(=O)c1c(NC(=O)c2ccnn2C(F)F)sc2c1CCCC2. The lowest BCUT2D eigenvalue weighted by Crippen LogP contribution is -2.19. The number of aromatic nitrogens is 2. The lowest BCUT2D eigenvalue weighted by atomic mass is 9.95. The van der Waals surface area contributed by atoms with Crippen molar-refractivity contribution in [2.45, 2.75) is 45.6 Å². The number of anilines is 1. The number of hydrogen-bond donors (Lipinski definition) is 1. The fourth-order valence-electron chi connectivity index (χ4n) is 2.95. The average molecular weight is 383 g/mol. The molecule has 0 radical (unpaired) electrons. The minimum atomic E-state index is -2.92. The quantitative estimate of drug-likeness (QED) is 0.764. The van der Waals surface area contributed by atoms with Crippen molar-refractivity contribution >= 4 is 28.2 Å². The predicted octanol–water partition coefficient (Wildman–Crippen LogP) is 4.04. The molecule has 140 valence electrons. The number of fused-ring (bicyclic) bond motifs is 1. The van der Waals surface area contributed by atoms with Gasteiger partial charge in [0.1, 0.15) is 10.7 Å². The number of carbonyl (C=O) groups is 2. The highest BCUT2D eigenvalue weighted by Gasteiger charge is 2.28. The van der Waals surface area contributed by atoms with E-state index >= 15 is 0 Å². The highest BCUT2D eigenvalue weighted by atomic mass is 32.1. The third kappa shape index (κ3) is 3.62. The van der Waals surface area contributed by atoms with Crippen LogP contribution in [-0.2, 0) is 17.6 Å². The van der Waals surface area contributed by atoms with Crippen molar-refractivity contribution < 1.29 is 23.1 Å². The van der Waals surface area contributed by atoms with E-state index in [1.54, 1.807) is 0 Å². The summed E-state index contributed by atoms with van der Waals surface area (Å²) in [5.41, 5.74) is 0.994. The molecule has 3 rings (SSSR count). The third-order valence-electron chi connectivity index (χ3n) is 4.13. The first-order chi connectivity index (χ1) is 12.5. The Morgan fingerprint density at radius 2 is 2.15 bits per heavy atom. The maximum absolute atomic E-state index is 12.9.